The zero-order valence-electron chi connectivity index (χ0n) is 13.4. The molecule has 124 valence electrons. The summed E-state index contributed by atoms with van der Waals surface area (Å²) in [4.78, 5) is 31.9. The zero-order chi connectivity index (χ0) is 17.1. The number of nitrogens with one attached hydrogen (secondary N) is 1. The van der Waals surface area contributed by atoms with Gasteiger partial charge in [-0.15, -0.1) is 23.1 Å². The molecule has 0 aliphatic carbocycles. The van der Waals surface area contributed by atoms with E-state index in [1.807, 2.05) is 43.5 Å². The van der Waals surface area contributed by atoms with Gasteiger partial charge in [0, 0.05) is 9.77 Å². The smallest absolute Gasteiger partial charge is 0.262 e. The van der Waals surface area contributed by atoms with Gasteiger partial charge in [-0.05, 0) is 30.9 Å². The van der Waals surface area contributed by atoms with Crippen molar-refractivity contribution >= 4 is 44.9 Å². The maximum absolute atomic E-state index is 12.5. The van der Waals surface area contributed by atoms with E-state index in [2.05, 4.69) is 10.3 Å². The molecular formula is C17H17N3O2S2. The molecule has 0 fully saturated rings. The maximum atomic E-state index is 12.5. The van der Waals surface area contributed by atoms with Crippen LogP contribution >= 0.6 is 23.1 Å². The van der Waals surface area contributed by atoms with Crippen LogP contribution in [0.15, 0.2) is 46.3 Å². The highest BCUT2D eigenvalue weighted by atomic mass is 32.2. The number of nitrogens with zero attached hydrogens (tertiary/aromatic N) is 2. The Balaban J connectivity index is 1.83. The summed E-state index contributed by atoms with van der Waals surface area (Å²) in [7, 11) is 0. The second-order valence-electron chi connectivity index (χ2n) is 5.21. The van der Waals surface area contributed by atoms with Crippen LogP contribution in [0.1, 0.15) is 11.8 Å². The van der Waals surface area contributed by atoms with Crippen LogP contribution in [-0.4, -0.2) is 21.7 Å². The SMILES string of the molecule is CCc1cc2c(=O)n(CC(=O)Nc3ccccc3SC)cnc2s1. The Bertz CT molecular complexity index is 946. The second kappa shape index (κ2) is 7.19. The van der Waals surface area contributed by atoms with Crippen LogP contribution in [0.2, 0.25) is 0 Å². The number of aromatic nitrogens is 2. The van der Waals surface area contributed by atoms with Crippen molar-refractivity contribution in [3.05, 3.63) is 51.9 Å². The van der Waals surface area contributed by atoms with Gasteiger partial charge in [0.1, 0.15) is 11.4 Å². The van der Waals surface area contributed by atoms with Crippen molar-refractivity contribution in [2.75, 3.05) is 11.6 Å². The summed E-state index contributed by atoms with van der Waals surface area (Å²) < 4.78 is 1.35. The van der Waals surface area contributed by atoms with Crippen molar-refractivity contribution in [2.24, 2.45) is 0 Å². The average molecular weight is 359 g/mol. The van der Waals surface area contributed by atoms with Crippen LogP contribution in [0.4, 0.5) is 5.69 Å². The Morgan fingerprint density at radius 3 is 2.92 bits per heavy atom. The first-order valence-electron chi connectivity index (χ1n) is 7.53. The van der Waals surface area contributed by atoms with Crippen molar-refractivity contribution in [1.29, 1.82) is 0 Å². The first-order chi connectivity index (χ1) is 11.6. The van der Waals surface area contributed by atoms with Gasteiger partial charge in [0.15, 0.2) is 0 Å². The van der Waals surface area contributed by atoms with Gasteiger partial charge in [0.05, 0.1) is 17.4 Å². The minimum Gasteiger partial charge on any atom is -0.324 e. The van der Waals surface area contributed by atoms with Crippen molar-refractivity contribution in [3.63, 3.8) is 0 Å². The fourth-order valence-electron chi connectivity index (χ4n) is 2.39. The number of anilines is 1. The summed E-state index contributed by atoms with van der Waals surface area (Å²) in [5.41, 5.74) is 0.574. The standard InChI is InChI=1S/C17H17N3O2S2/c1-3-11-8-12-16(24-11)18-10-20(17(12)22)9-15(21)19-13-6-4-5-7-14(13)23-2/h4-8,10H,3,9H2,1-2H3,(H,19,21). The van der Waals surface area contributed by atoms with E-state index in [1.54, 1.807) is 11.8 Å². The van der Waals surface area contributed by atoms with Crippen LogP contribution in [0.3, 0.4) is 0 Å². The highest BCUT2D eigenvalue weighted by molar-refractivity contribution is 7.98. The third-order valence-electron chi connectivity index (χ3n) is 3.61. The van der Waals surface area contributed by atoms with Crippen LogP contribution in [-0.2, 0) is 17.8 Å². The van der Waals surface area contributed by atoms with Crippen molar-refractivity contribution in [2.45, 2.75) is 24.8 Å². The van der Waals surface area contributed by atoms with E-state index in [9.17, 15) is 9.59 Å². The molecular weight excluding hydrogens is 342 g/mol. The molecule has 24 heavy (non-hydrogen) atoms. The van der Waals surface area contributed by atoms with Crippen LogP contribution in [0, 0.1) is 0 Å². The normalized spacial score (nSPS) is 10.9. The summed E-state index contributed by atoms with van der Waals surface area (Å²) >= 11 is 3.08. The largest absolute Gasteiger partial charge is 0.324 e. The molecule has 2 aromatic heterocycles. The van der Waals surface area contributed by atoms with E-state index < -0.39 is 0 Å². The number of carbonyl (C=O) groups is 1. The van der Waals surface area contributed by atoms with E-state index in [0.717, 1.165) is 26.7 Å². The predicted molar refractivity (Wildman–Crippen MR) is 100 cm³/mol. The molecule has 1 N–H and O–H groups in total. The lowest BCUT2D eigenvalue weighted by Crippen LogP contribution is -2.27. The first-order valence-corrected chi connectivity index (χ1v) is 9.57. The molecule has 0 bridgehead atoms. The Morgan fingerprint density at radius 1 is 1.38 bits per heavy atom. The van der Waals surface area contributed by atoms with E-state index in [0.29, 0.717) is 5.39 Å². The summed E-state index contributed by atoms with van der Waals surface area (Å²) in [5, 5.41) is 3.44. The number of hydrogen-bond acceptors (Lipinski definition) is 5. The molecule has 3 rings (SSSR count). The molecule has 5 nitrogen and oxygen atoms in total. The Hall–Kier alpha value is -2.12. The number of aryl methyl sites for hydroxylation is 1. The molecule has 1 aromatic carbocycles. The van der Waals surface area contributed by atoms with Crippen LogP contribution in [0.25, 0.3) is 10.2 Å². The van der Waals surface area contributed by atoms with Gasteiger partial charge >= 0.3 is 0 Å². The highest BCUT2D eigenvalue weighted by Crippen LogP contribution is 2.24. The third-order valence-corrected chi connectivity index (χ3v) is 5.60. The summed E-state index contributed by atoms with van der Waals surface area (Å²) in [6.45, 7) is 1.99. The molecule has 7 heteroatoms. The zero-order valence-corrected chi connectivity index (χ0v) is 15.0. The Morgan fingerprint density at radius 2 is 2.17 bits per heavy atom. The number of thioether (sulfide) groups is 1. The summed E-state index contributed by atoms with van der Waals surface area (Å²) in [5.74, 6) is -0.245. The van der Waals surface area contributed by atoms with Gasteiger partial charge in [-0.2, -0.15) is 0 Å². The van der Waals surface area contributed by atoms with Crippen molar-refractivity contribution in [1.82, 2.24) is 9.55 Å². The highest BCUT2D eigenvalue weighted by Gasteiger charge is 2.12. The van der Waals surface area contributed by atoms with Crippen LogP contribution < -0.4 is 10.9 Å². The number of benzene rings is 1. The van der Waals surface area contributed by atoms with E-state index >= 15 is 0 Å². The number of rotatable bonds is 5. The van der Waals surface area contributed by atoms with E-state index in [1.165, 1.54) is 22.2 Å². The lowest BCUT2D eigenvalue weighted by atomic mass is 10.3. The molecule has 1 amide bonds. The number of thiophene rings is 1. The van der Waals surface area contributed by atoms with Crippen molar-refractivity contribution < 1.29 is 4.79 Å². The lowest BCUT2D eigenvalue weighted by Gasteiger charge is -2.10. The number of para-hydroxylation sites is 1. The molecule has 0 unspecified atom stereocenters. The Labute approximate surface area is 147 Å². The molecule has 3 aromatic rings. The number of fused-ring (bicyclic) bond motifs is 1. The fraction of sp³-hybridized carbons (Fsp3) is 0.235. The van der Waals surface area contributed by atoms with Crippen molar-refractivity contribution in [3.8, 4) is 0 Å². The van der Waals surface area contributed by atoms with E-state index in [4.69, 9.17) is 0 Å². The first kappa shape index (κ1) is 16.7. The molecule has 0 aliphatic heterocycles. The average Bonchev–Trinajstić information content (AvgIpc) is 3.02. The van der Waals surface area contributed by atoms with E-state index in [-0.39, 0.29) is 18.0 Å². The quantitative estimate of drug-likeness (QED) is 0.709. The molecule has 0 aliphatic rings. The van der Waals surface area contributed by atoms with Gasteiger partial charge in [-0.1, -0.05) is 19.1 Å². The number of hydrogen-bond donors (Lipinski definition) is 1. The minimum atomic E-state index is -0.245. The van der Waals surface area contributed by atoms with Gasteiger partial charge < -0.3 is 5.32 Å². The second-order valence-corrected chi connectivity index (χ2v) is 7.17. The maximum Gasteiger partial charge on any atom is 0.262 e. The monoisotopic (exact) mass is 359 g/mol. The third kappa shape index (κ3) is 3.37. The fourth-order valence-corrected chi connectivity index (χ4v) is 3.87. The molecule has 0 radical (unpaired) electrons. The predicted octanol–water partition coefficient (Wildman–Crippen LogP) is 3.38. The minimum absolute atomic E-state index is 0.0538. The number of carbonyl (C=O) groups excluding carboxylic acids is 1. The summed E-state index contributed by atoms with van der Waals surface area (Å²) in [6.07, 6.45) is 4.27. The molecule has 0 saturated carbocycles. The molecule has 0 saturated heterocycles. The van der Waals surface area contributed by atoms with Gasteiger partial charge in [0.2, 0.25) is 5.91 Å². The topological polar surface area (TPSA) is 64.0 Å². The number of amides is 1. The van der Waals surface area contributed by atoms with Gasteiger partial charge in [-0.3, -0.25) is 14.2 Å². The van der Waals surface area contributed by atoms with Crippen LogP contribution in [0.5, 0.6) is 0 Å². The lowest BCUT2D eigenvalue weighted by molar-refractivity contribution is -0.116. The van der Waals surface area contributed by atoms with Gasteiger partial charge in [0.25, 0.3) is 5.56 Å². The molecule has 0 atom stereocenters. The van der Waals surface area contributed by atoms with Gasteiger partial charge in [-0.25, -0.2) is 4.98 Å². The Kier molecular flexibility index (Phi) is 5.01. The molecule has 0 spiro atoms. The molecule has 2 heterocycles. The summed E-state index contributed by atoms with van der Waals surface area (Å²) in [6, 6.07) is 9.45.